The van der Waals surface area contributed by atoms with Crippen molar-refractivity contribution in [3.05, 3.63) is 45.6 Å². The van der Waals surface area contributed by atoms with Crippen LogP contribution in [0, 0.1) is 5.41 Å². The van der Waals surface area contributed by atoms with Crippen molar-refractivity contribution in [1.82, 2.24) is 5.32 Å². The molecule has 4 nitrogen and oxygen atoms in total. The molecule has 0 aromatic heterocycles. The van der Waals surface area contributed by atoms with Crippen molar-refractivity contribution in [2.75, 3.05) is 0 Å². The lowest BCUT2D eigenvalue weighted by Crippen LogP contribution is -2.34. The lowest BCUT2D eigenvalue weighted by Gasteiger charge is -2.23. The highest BCUT2D eigenvalue weighted by Gasteiger charge is 2.21. The number of halogens is 1. The van der Waals surface area contributed by atoms with Crippen LogP contribution in [0.25, 0.3) is 0 Å². The van der Waals surface area contributed by atoms with Gasteiger partial charge in [-0.3, -0.25) is 4.79 Å². The molecule has 0 spiro atoms. The second kappa shape index (κ2) is 13.7. The van der Waals surface area contributed by atoms with Crippen LogP contribution in [0.4, 0.5) is 0 Å². The van der Waals surface area contributed by atoms with Gasteiger partial charge >= 0.3 is 0 Å². The second-order valence-corrected chi connectivity index (χ2v) is 10.0. The average Bonchev–Trinajstić information content (AvgIpc) is 2.71. The lowest BCUT2D eigenvalue weighted by molar-refractivity contribution is -0.115. The first-order valence-electron chi connectivity index (χ1n) is 11.6. The Morgan fingerprint density at radius 1 is 1.19 bits per heavy atom. The van der Waals surface area contributed by atoms with E-state index in [1.54, 1.807) is 6.92 Å². The van der Waals surface area contributed by atoms with Gasteiger partial charge in [0.05, 0.1) is 6.04 Å². The second-order valence-electron chi connectivity index (χ2n) is 9.09. The van der Waals surface area contributed by atoms with Crippen LogP contribution in [0.1, 0.15) is 104 Å². The number of benzene rings is 1. The van der Waals surface area contributed by atoms with Gasteiger partial charge in [-0.2, -0.15) is 0 Å². The third-order valence-electron chi connectivity index (χ3n) is 5.23. The number of nitrogens with zero attached hydrogens (tertiary/aromatic N) is 1. The van der Waals surface area contributed by atoms with E-state index in [1.807, 2.05) is 6.07 Å². The number of amides is 1. The van der Waals surface area contributed by atoms with E-state index in [-0.39, 0.29) is 17.4 Å². The summed E-state index contributed by atoms with van der Waals surface area (Å²) in [6, 6.07) is 6.27. The highest BCUT2D eigenvalue weighted by Crippen LogP contribution is 2.28. The smallest absolute Gasteiger partial charge is 0.269 e. The molecule has 31 heavy (non-hydrogen) atoms. The number of carbonyl (C=O) groups excluding carboxylic acids is 1. The molecule has 0 saturated carbocycles. The minimum Gasteiger partial charge on any atom is -0.361 e. The molecule has 1 aromatic rings. The van der Waals surface area contributed by atoms with Gasteiger partial charge in [-0.15, -0.1) is 0 Å². The molecule has 0 heterocycles. The molecule has 1 N–H and O–H groups in total. The summed E-state index contributed by atoms with van der Waals surface area (Å²) in [6.07, 6.45) is 9.23. The number of hydrogen-bond acceptors (Lipinski definition) is 3. The Bertz CT molecular complexity index is 763. The van der Waals surface area contributed by atoms with Crippen LogP contribution < -0.4 is 5.32 Å². The van der Waals surface area contributed by atoms with E-state index in [2.05, 4.69) is 86.2 Å². The van der Waals surface area contributed by atoms with Gasteiger partial charge in [-0.1, -0.05) is 94.4 Å². The predicted octanol–water partition coefficient (Wildman–Crippen LogP) is 7.87. The van der Waals surface area contributed by atoms with E-state index in [0.717, 1.165) is 55.2 Å². The summed E-state index contributed by atoms with van der Waals surface area (Å²) in [5, 5.41) is 7.38. The molecule has 1 unspecified atom stereocenters. The van der Waals surface area contributed by atoms with Crippen LogP contribution in [-0.2, 0) is 16.1 Å². The average molecular weight is 494 g/mol. The van der Waals surface area contributed by atoms with Crippen molar-refractivity contribution >= 4 is 27.5 Å². The van der Waals surface area contributed by atoms with Gasteiger partial charge < -0.3 is 10.2 Å². The lowest BCUT2D eigenvalue weighted by atomic mass is 9.93. The maximum Gasteiger partial charge on any atom is 0.269 e. The minimum atomic E-state index is -0.185. The molecular weight excluding hydrogens is 452 g/mol. The van der Waals surface area contributed by atoms with Crippen LogP contribution in [0.2, 0.25) is 0 Å². The van der Waals surface area contributed by atoms with Gasteiger partial charge in [0.1, 0.15) is 11.5 Å². The number of rotatable bonds is 12. The fraction of sp³-hybridized carbons (Fsp3) is 0.615. The van der Waals surface area contributed by atoms with Crippen molar-refractivity contribution in [1.29, 1.82) is 0 Å². The summed E-state index contributed by atoms with van der Waals surface area (Å²) in [4.78, 5) is 18.7. The Balaban J connectivity index is 3.03. The van der Waals surface area contributed by atoms with E-state index in [1.165, 1.54) is 11.1 Å². The molecule has 174 valence electrons. The van der Waals surface area contributed by atoms with E-state index >= 15 is 0 Å². The summed E-state index contributed by atoms with van der Waals surface area (Å²) in [7, 11) is 0. The third kappa shape index (κ3) is 9.59. The Kier molecular flexibility index (Phi) is 12.1. The standard InChI is InChI=1S/C26H41BrN2O2/c1-8-11-13-14-23(22-17-16-21(27)18-20(22)10-3)28-25(30)19(4)29-31-24(15-12-9-2)26(5,6)7/h15-18,23H,8-14H2,1-7H3,(H,28,30)/b24-15+,29-19+. The summed E-state index contributed by atoms with van der Waals surface area (Å²) in [5.74, 6) is 0.609. The summed E-state index contributed by atoms with van der Waals surface area (Å²) in [5.41, 5.74) is 2.61. The van der Waals surface area contributed by atoms with Gasteiger partial charge in [0.25, 0.3) is 5.91 Å². The molecule has 0 aliphatic heterocycles. The molecule has 0 aliphatic carbocycles. The molecule has 0 radical (unpaired) electrons. The highest BCUT2D eigenvalue weighted by atomic mass is 79.9. The normalized spacial score (nSPS) is 13.8. The predicted molar refractivity (Wildman–Crippen MR) is 135 cm³/mol. The number of nitrogens with one attached hydrogen (secondary N) is 1. The molecule has 1 aromatic carbocycles. The molecule has 1 atom stereocenters. The Morgan fingerprint density at radius 3 is 2.48 bits per heavy atom. The van der Waals surface area contributed by atoms with E-state index in [0.29, 0.717) is 5.71 Å². The van der Waals surface area contributed by atoms with E-state index in [4.69, 9.17) is 4.84 Å². The Hall–Kier alpha value is -1.62. The van der Waals surface area contributed by atoms with Gasteiger partial charge in [0, 0.05) is 9.89 Å². The molecule has 0 bridgehead atoms. The first kappa shape index (κ1) is 27.4. The van der Waals surface area contributed by atoms with Crippen molar-refractivity contribution < 1.29 is 9.63 Å². The van der Waals surface area contributed by atoms with Crippen LogP contribution in [-0.4, -0.2) is 11.6 Å². The van der Waals surface area contributed by atoms with Gasteiger partial charge in [-0.05, 0) is 55.5 Å². The number of carbonyl (C=O) groups is 1. The fourth-order valence-electron chi connectivity index (χ4n) is 3.30. The maximum absolute atomic E-state index is 13.0. The summed E-state index contributed by atoms with van der Waals surface area (Å²) >= 11 is 3.56. The zero-order chi connectivity index (χ0) is 23.4. The summed E-state index contributed by atoms with van der Waals surface area (Å²) in [6.45, 7) is 14.4. The van der Waals surface area contributed by atoms with Crippen molar-refractivity contribution in [2.24, 2.45) is 10.6 Å². The van der Waals surface area contributed by atoms with Crippen molar-refractivity contribution in [2.45, 2.75) is 99.5 Å². The zero-order valence-corrected chi connectivity index (χ0v) is 22.1. The van der Waals surface area contributed by atoms with Crippen molar-refractivity contribution in [3.8, 4) is 0 Å². The Labute approximate surface area is 198 Å². The molecule has 0 saturated heterocycles. The zero-order valence-electron chi connectivity index (χ0n) is 20.5. The van der Waals surface area contributed by atoms with Crippen LogP contribution in [0.15, 0.2) is 39.7 Å². The van der Waals surface area contributed by atoms with Crippen LogP contribution in [0.3, 0.4) is 0 Å². The number of aryl methyl sites for hydroxylation is 1. The quantitative estimate of drug-likeness (QED) is 0.139. The maximum atomic E-state index is 13.0. The summed E-state index contributed by atoms with van der Waals surface area (Å²) < 4.78 is 1.06. The van der Waals surface area contributed by atoms with Gasteiger partial charge in [0.15, 0.2) is 0 Å². The topological polar surface area (TPSA) is 50.7 Å². The van der Waals surface area contributed by atoms with Gasteiger partial charge in [-0.25, -0.2) is 0 Å². The Morgan fingerprint density at radius 2 is 1.90 bits per heavy atom. The fourth-order valence-corrected chi connectivity index (χ4v) is 3.71. The number of unbranched alkanes of at least 4 members (excludes halogenated alkanes) is 3. The van der Waals surface area contributed by atoms with E-state index < -0.39 is 0 Å². The molecule has 0 fully saturated rings. The third-order valence-corrected chi connectivity index (χ3v) is 5.72. The first-order chi connectivity index (χ1) is 14.6. The SMILES string of the molecule is CCC/C=C(/O/N=C(\C)C(=O)NC(CCCCC)c1ccc(Br)cc1CC)C(C)(C)C. The molecule has 1 rings (SSSR count). The van der Waals surface area contributed by atoms with E-state index in [9.17, 15) is 4.79 Å². The minimum absolute atomic E-state index is 0.0371. The monoisotopic (exact) mass is 492 g/mol. The largest absolute Gasteiger partial charge is 0.361 e. The van der Waals surface area contributed by atoms with Crippen LogP contribution in [0.5, 0.6) is 0 Å². The van der Waals surface area contributed by atoms with Gasteiger partial charge in [0.2, 0.25) is 0 Å². The first-order valence-corrected chi connectivity index (χ1v) is 12.4. The number of hydrogen-bond donors (Lipinski definition) is 1. The number of oxime groups is 1. The molecule has 1 amide bonds. The van der Waals surface area contributed by atoms with Crippen molar-refractivity contribution in [3.63, 3.8) is 0 Å². The molecular formula is C26H41BrN2O2. The highest BCUT2D eigenvalue weighted by molar-refractivity contribution is 9.10. The number of allylic oxidation sites excluding steroid dienone is 2. The molecule has 0 aliphatic rings. The molecule has 5 heteroatoms. The van der Waals surface area contributed by atoms with Crippen LogP contribution >= 0.6 is 15.9 Å².